The Balaban J connectivity index is 2.16. The van der Waals surface area contributed by atoms with Gasteiger partial charge in [-0.15, -0.1) is 0 Å². The summed E-state index contributed by atoms with van der Waals surface area (Å²) in [7, 11) is 0. The van der Waals surface area contributed by atoms with Crippen LogP contribution in [-0.2, 0) is 4.79 Å². The molecule has 0 saturated heterocycles. The third-order valence-electron chi connectivity index (χ3n) is 4.25. The summed E-state index contributed by atoms with van der Waals surface area (Å²) in [6, 6.07) is 7.98. The molecular formula is C21H20O7. The van der Waals surface area contributed by atoms with Gasteiger partial charge in [-0.25, -0.2) is 0 Å². The lowest BCUT2D eigenvalue weighted by Crippen LogP contribution is -2.16. The summed E-state index contributed by atoms with van der Waals surface area (Å²) in [5.74, 6) is -1.72. The van der Waals surface area contributed by atoms with Gasteiger partial charge in [-0.3, -0.25) is 9.59 Å². The predicted molar refractivity (Wildman–Crippen MR) is 103 cm³/mol. The van der Waals surface area contributed by atoms with E-state index in [0.717, 1.165) is 18.9 Å². The molecule has 7 heteroatoms. The van der Waals surface area contributed by atoms with Crippen molar-refractivity contribution in [2.24, 2.45) is 0 Å². The Bertz CT molecular complexity index is 1060. The van der Waals surface area contributed by atoms with Gasteiger partial charge in [0.25, 0.3) is 0 Å². The third kappa shape index (κ3) is 3.93. The number of aromatic hydroxyl groups is 3. The van der Waals surface area contributed by atoms with Crippen LogP contribution < -0.4 is 10.2 Å². The molecule has 0 spiro atoms. The number of carbonyl (C=O) groups is 1. The van der Waals surface area contributed by atoms with Gasteiger partial charge in [-0.05, 0) is 30.7 Å². The lowest BCUT2D eigenvalue weighted by molar-refractivity contribution is -0.134. The van der Waals surface area contributed by atoms with E-state index in [0.29, 0.717) is 12.0 Å². The van der Waals surface area contributed by atoms with Crippen molar-refractivity contribution >= 4 is 16.9 Å². The Hall–Kier alpha value is -3.48. The molecule has 1 aromatic heterocycles. The van der Waals surface area contributed by atoms with E-state index in [2.05, 4.69) is 0 Å². The van der Waals surface area contributed by atoms with E-state index in [4.69, 9.17) is 9.15 Å². The summed E-state index contributed by atoms with van der Waals surface area (Å²) < 4.78 is 11.0. The Kier molecular flexibility index (Phi) is 5.54. The molecule has 0 aliphatic rings. The normalized spacial score (nSPS) is 10.9. The number of hydrogen-bond acceptors (Lipinski definition) is 7. The molecule has 3 rings (SSSR count). The van der Waals surface area contributed by atoms with Crippen molar-refractivity contribution in [3.05, 3.63) is 46.6 Å². The van der Waals surface area contributed by atoms with Crippen LogP contribution in [0.2, 0.25) is 0 Å². The van der Waals surface area contributed by atoms with Gasteiger partial charge in [-0.1, -0.05) is 19.8 Å². The summed E-state index contributed by atoms with van der Waals surface area (Å²) in [4.78, 5) is 25.2. The zero-order chi connectivity index (χ0) is 20.3. The van der Waals surface area contributed by atoms with E-state index >= 15 is 0 Å². The topological polar surface area (TPSA) is 117 Å². The maximum atomic E-state index is 13.0. The van der Waals surface area contributed by atoms with Gasteiger partial charge >= 0.3 is 5.97 Å². The fourth-order valence-corrected chi connectivity index (χ4v) is 2.85. The van der Waals surface area contributed by atoms with Crippen LogP contribution in [0.3, 0.4) is 0 Å². The average molecular weight is 384 g/mol. The third-order valence-corrected chi connectivity index (χ3v) is 4.25. The highest BCUT2D eigenvalue weighted by atomic mass is 16.5. The van der Waals surface area contributed by atoms with Crippen molar-refractivity contribution in [3.8, 4) is 34.3 Å². The van der Waals surface area contributed by atoms with Crippen molar-refractivity contribution in [1.82, 2.24) is 0 Å². The number of phenols is 3. The van der Waals surface area contributed by atoms with Crippen LogP contribution in [0.4, 0.5) is 0 Å². The Morgan fingerprint density at radius 3 is 2.43 bits per heavy atom. The standard InChI is InChI=1S/C21H20O7/c1-2-3-4-5-17(25)28-21-19(26)18-15(24)10-14(23)11-16(18)27-20(21)12-6-8-13(22)9-7-12/h6-11,22-24H,2-5H2,1H3. The highest BCUT2D eigenvalue weighted by Gasteiger charge is 2.22. The first-order valence-corrected chi connectivity index (χ1v) is 8.93. The Labute approximate surface area is 160 Å². The number of esters is 1. The Morgan fingerprint density at radius 2 is 1.75 bits per heavy atom. The first kappa shape index (κ1) is 19.3. The molecule has 0 atom stereocenters. The molecule has 28 heavy (non-hydrogen) atoms. The maximum Gasteiger partial charge on any atom is 0.311 e. The van der Waals surface area contributed by atoms with E-state index in [1.165, 1.54) is 30.3 Å². The zero-order valence-corrected chi connectivity index (χ0v) is 15.3. The molecule has 7 nitrogen and oxygen atoms in total. The molecule has 0 amide bonds. The summed E-state index contributed by atoms with van der Waals surface area (Å²) in [5.41, 5.74) is -0.405. The second-order valence-electron chi connectivity index (χ2n) is 6.41. The first-order chi connectivity index (χ1) is 13.4. The van der Waals surface area contributed by atoms with E-state index in [1.807, 2.05) is 6.92 Å². The molecule has 0 saturated carbocycles. The van der Waals surface area contributed by atoms with Gasteiger partial charge in [-0.2, -0.15) is 0 Å². The van der Waals surface area contributed by atoms with Gasteiger partial charge in [0.15, 0.2) is 5.76 Å². The lowest BCUT2D eigenvalue weighted by atomic mass is 10.1. The van der Waals surface area contributed by atoms with Crippen molar-refractivity contribution < 1.29 is 29.3 Å². The SMILES string of the molecule is CCCCCC(=O)Oc1c(-c2ccc(O)cc2)oc2cc(O)cc(O)c2c1=O. The fraction of sp³-hybridized carbons (Fsp3) is 0.238. The molecule has 2 aromatic carbocycles. The minimum Gasteiger partial charge on any atom is -0.508 e. The minimum atomic E-state index is -0.731. The van der Waals surface area contributed by atoms with Crippen LogP contribution in [-0.4, -0.2) is 21.3 Å². The van der Waals surface area contributed by atoms with Crippen LogP contribution >= 0.6 is 0 Å². The monoisotopic (exact) mass is 384 g/mol. The summed E-state index contributed by atoms with van der Waals surface area (Å²) in [6.45, 7) is 2.00. The zero-order valence-electron chi connectivity index (χ0n) is 15.3. The van der Waals surface area contributed by atoms with Gasteiger partial charge in [0.1, 0.15) is 28.2 Å². The van der Waals surface area contributed by atoms with E-state index < -0.39 is 17.1 Å². The molecule has 0 bridgehead atoms. The van der Waals surface area contributed by atoms with Crippen LogP contribution in [0, 0.1) is 0 Å². The second kappa shape index (κ2) is 8.04. The number of fused-ring (bicyclic) bond motifs is 1. The fourth-order valence-electron chi connectivity index (χ4n) is 2.85. The van der Waals surface area contributed by atoms with Gasteiger partial charge in [0.05, 0.1) is 0 Å². The highest BCUT2D eigenvalue weighted by molar-refractivity contribution is 5.89. The van der Waals surface area contributed by atoms with E-state index in [1.54, 1.807) is 0 Å². The predicted octanol–water partition coefficient (Wildman–Crippen LogP) is 4.06. The molecule has 0 radical (unpaired) electrons. The quantitative estimate of drug-likeness (QED) is 0.433. The lowest BCUT2D eigenvalue weighted by Gasteiger charge is -2.11. The molecule has 1 heterocycles. The number of unbranched alkanes of at least 4 members (excludes halogenated alkanes) is 2. The van der Waals surface area contributed by atoms with Crippen molar-refractivity contribution in [3.63, 3.8) is 0 Å². The minimum absolute atomic E-state index is 0.0142. The number of hydrogen-bond donors (Lipinski definition) is 3. The molecule has 3 aromatic rings. The number of ether oxygens (including phenoxy) is 1. The van der Waals surface area contributed by atoms with E-state index in [9.17, 15) is 24.9 Å². The molecule has 0 fully saturated rings. The van der Waals surface area contributed by atoms with Crippen LogP contribution in [0.1, 0.15) is 32.6 Å². The molecule has 0 unspecified atom stereocenters. The van der Waals surface area contributed by atoms with Crippen LogP contribution in [0.15, 0.2) is 45.6 Å². The number of carbonyl (C=O) groups excluding carboxylic acids is 1. The highest BCUT2D eigenvalue weighted by Crippen LogP contribution is 2.36. The molecule has 0 aliphatic heterocycles. The maximum absolute atomic E-state index is 13.0. The van der Waals surface area contributed by atoms with Crippen LogP contribution in [0.5, 0.6) is 23.0 Å². The largest absolute Gasteiger partial charge is 0.508 e. The second-order valence-corrected chi connectivity index (χ2v) is 6.41. The smallest absolute Gasteiger partial charge is 0.311 e. The van der Waals surface area contributed by atoms with Crippen molar-refractivity contribution in [2.75, 3.05) is 0 Å². The van der Waals surface area contributed by atoms with E-state index in [-0.39, 0.29) is 40.4 Å². The molecular weight excluding hydrogens is 364 g/mol. The van der Waals surface area contributed by atoms with Crippen LogP contribution in [0.25, 0.3) is 22.3 Å². The molecule has 0 aliphatic carbocycles. The summed E-state index contributed by atoms with van der Waals surface area (Å²) in [5, 5.41) is 29.1. The number of rotatable bonds is 6. The first-order valence-electron chi connectivity index (χ1n) is 8.93. The molecule has 146 valence electrons. The Morgan fingerprint density at radius 1 is 1.04 bits per heavy atom. The van der Waals surface area contributed by atoms with Gasteiger partial charge in [0.2, 0.25) is 11.2 Å². The summed E-state index contributed by atoms with van der Waals surface area (Å²) in [6.07, 6.45) is 2.55. The van der Waals surface area contributed by atoms with Gasteiger partial charge in [0, 0.05) is 24.1 Å². The number of phenolic OH excluding ortho intramolecular Hbond substituents is 3. The van der Waals surface area contributed by atoms with Crippen molar-refractivity contribution in [1.29, 1.82) is 0 Å². The number of benzene rings is 2. The van der Waals surface area contributed by atoms with Gasteiger partial charge < -0.3 is 24.5 Å². The average Bonchev–Trinajstić information content (AvgIpc) is 2.64. The summed E-state index contributed by atoms with van der Waals surface area (Å²) >= 11 is 0. The molecule has 3 N–H and O–H groups in total. The van der Waals surface area contributed by atoms with Crippen molar-refractivity contribution in [2.45, 2.75) is 32.6 Å².